The van der Waals surface area contributed by atoms with E-state index in [-0.39, 0.29) is 0 Å². The molecule has 3 nitrogen and oxygen atoms in total. The molecule has 0 spiro atoms. The zero-order valence-electron chi connectivity index (χ0n) is 4.70. The van der Waals surface area contributed by atoms with E-state index in [0.717, 1.165) is 6.42 Å². The molecule has 0 aromatic rings. The van der Waals surface area contributed by atoms with Crippen LogP contribution in [0.4, 0.5) is 0 Å². The molecule has 4 heteroatoms. The van der Waals surface area contributed by atoms with Crippen LogP contribution >= 0.6 is 8.53 Å². The summed E-state index contributed by atoms with van der Waals surface area (Å²) in [6.07, 6.45) is 5.62. The fourth-order valence-electron chi connectivity index (χ4n) is 0. The summed E-state index contributed by atoms with van der Waals surface area (Å²) in [5, 5.41) is 0. The van der Waals surface area contributed by atoms with Gasteiger partial charge >= 0.3 is 0 Å². The zero-order chi connectivity index (χ0) is 6.99. The lowest BCUT2D eigenvalue weighted by Gasteiger charge is -1.79. The van der Waals surface area contributed by atoms with E-state index < -0.39 is 8.53 Å². The summed E-state index contributed by atoms with van der Waals surface area (Å²) in [6, 6.07) is 0. The maximum absolute atomic E-state index is 7.45. The molecule has 4 N–H and O–H groups in total. The Morgan fingerprint density at radius 1 is 1.75 bits per heavy atom. The molecule has 0 saturated carbocycles. The Kier molecular flexibility index (Phi) is 13.4. The predicted octanol–water partition coefficient (Wildman–Crippen LogP) is 0.186. The molecule has 0 unspecified atom stereocenters. The van der Waals surface area contributed by atoms with E-state index in [1.807, 2.05) is 6.92 Å². The van der Waals surface area contributed by atoms with Crippen molar-refractivity contribution >= 4 is 8.53 Å². The monoisotopic (exact) mass is 135 g/mol. The van der Waals surface area contributed by atoms with Gasteiger partial charge in [-0.25, -0.2) is 0 Å². The van der Waals surface area contributed by atoms with Crippen LogP contribution in [0.3, 0.4) is 0 Å². The van der Waals surface area contributed by atoms with E-state index >= 15 is 0 Å². The largest absolute Gasteiger partial charge is 0.338 e. The Balaban J connectivity index is 0. The van der Waals surface area contributed by atoms with Gasteiger partial charge in [-0.3, -0.25) is 5.50 Å². The average Bonchev–Trinajstić information content (AvgIpc) is 1.65. The summed E-state index contributed by atoms with van der Waals surface area (Å²) in [5.41, 5.74) is 4.29. The standard InChI is InChI=1S/C4H6.H4NO2P/c1-3-4-2;1-4(2)3/h1H,4H2,2H3;2-3H,1H2. The van der Waals surface area contributed by atoms with Crippen LogP contribution in [0, 0.1) is 12.3 Å². The van der Waals surface area contributed by atoms with E-state index in [0.29, 0.717) is 0 Å². The van der Waals surface area contributed by atoms with Gasteiger partial charge in [-0.1, -0.05) is 6.92 Å². The molecule has 8 heavy (non-hydrogen) atoms. The normalized spacial score (nSPS) is 7.00. The minimum absolute atomic E-state index is 0.847. The predicted molar refractivity (Wildman–Crippen MR) is 34.7 cm³/mol. The van der Waals surface area contributed by atoms with Gasteiger partial charge < -0.3 is 9.79 Å². The Morgan fingerprint density at radius 2 is 1.88 bits per heavy atom. The van der Waals surface area contributed by atoms with Crippen molar-refractivity contribution in [1.82, 2.24) is 0 Å². The van der Waals surface area contributed by atoms with Crippen molar-refractivity contribution < 1.29 is 9.79 Å². The van der Waals surface area contributed by atoms with Crippen molar-refractivity contribution in [2.45, 2.75) is 13.3 Å². The van der Waals surface area contributed by atoms with Gasteiger partial charge in [-0.2, -0.15) is 0 Å². The summed E-state index contributed by atoms with van der Waals surface area (Å²) in [7, 11) is -2.12. The maximum Gasteiger partial charge on any atom is 0.247 e. The van der Waals surface area contributed by atoms with E-state index in [2.05, 4.69) is 11.4 Å². The van der Waals surface area contributed by atoms with Crippen LogP contribution in [0.1, 0.15) is 13.3 Å². The van der Waals surface area contributed by atoms with Crippen LogP contribution in [0.2, 0.25) is 0 Å². The zero-order valence-corrected chi connectivity index (χ0v) is 5.60. The molecule has 0 bridgehead atoms. The van der Waals surface area contributed by atoms with Crippen molar-refractivity contribution in [3.63, 3.8) is 0 Å². The fourth-order valence-corrected chi connectivity index (χ4v) is 0. The van der Waals surface area contributed by atoms with Crippen molar-refractivity contribution in [3.8, 4) is 12.3 Å². The van der Waals surface area contributed by atoms with Gasteiger partial charge in [0.1, 0.15) is 0 Å². The second-order valence-electron chi connectivity index (χ2n) is 0.878. The van der Waals surface area contributed by atoms with E-state index in [1.165, 1.54) is 0 Å². The molecule has 0 aromatic heterocycles. The first-order valence-electron chi connectivity index (χ1n) is 2.01. The summed E-state index contributed by atoms with van der Waals surface area (Å²) in [5.74, 6) is 2.43. The molecule has 0 aromatic carbocycles. The summed E-state index contributed by atoms with van der Waals surface area (Å²) in [4.78, 5) is 14.9. The highest BCUT2D eigenvalue weighted by Gasteiger charge is 1.72. The number of hydrogen-bond acceptors (Lipinski definition) is 3. The SMILES string of the molecule is C#CCC.NP(O)O. The number of terminal acetylenes is 1. The minimum Gasteiger partial charge on any atom is -0.338 e. The molecule has 0 aliphatic rings. The van der Waals surface area contributed by atoms with Crippen LogP contribution in [-0.2, 0) is 0 Å². The highest BCUT2D eigenvalue weighted by molar-refractivity contribution is 7.42. The molecule has 0 fully saturated rings. The van der Waals surface area contributed by atoms with Gasteiger partial charge in [0.2, 0.25) is 8.53 Å². The van der Waals surface area contributed by atoms with Crippen LogP contribution in [-0.4, -0.2) is 9.79 Å². The Hall–Kier alpha value is -0.130. The third kappa shape index (κ3) is 184. The second kappa shape index (κ2) is 9.98. The van der Waals surface area contributed by atoms with Gasteiger partial charge in [0.25, 0.3) is 0 Å². The Labute approximate surface area is 50.5 Å². The quantitative estimate of drug-likeness (QED) is 0.328. The van der Waals surface area contributed by atoms with E-state index in [9.17, 15) is 0 Å². The second-order valence-corrected chi connectivity index (χ2v) is 1.52. The van der Waals surface area contributed by atoms with Gasteiger partial charge in [0.15, 0.2) is 0 Å². The van der Waals surface area contributed by atoms with Gasteiger partial charge in [0.05, 0.1) is 0 Å². The third-order valence-corrected chi connectivity index (χ3v) is 0.204. The molecule has 0 saturated heterocycles. The van der Waals surface area contributed by atoms with Crippen LogP contribution in [0.5, 0.6) is 0 Å². The molecule has 0 amide bonds. The minimum atomic E-state index is -2.12. The van der Waals surface area contributed by atoms with Crippen LogP contribution < -0.4 is 5.50 Å². The lowest BCUT2D eigenvalue weighted by atomic mass is 10.5. The summed E-state index contributed by atoms with van der Waals surface area (Å²) < 4.78 is 0. The lowest BCUT2D eigenvalue weighted by Crippen LogP contribution is -1.78. The van der Waals surface area contributed by atoms with Crippen LogP contribution in [0.15, 0.2) is 0 Å². The lowest BCUT2D eigenvalue weighted by molar-refractivity contribution is 0.485. The molecular formula is C4H10NO2P. The number of rotatable bonds is 0. The van der Waals surface area contributed by atoms with E-state index in [1.54, 1.807) is 0 Å². The van der Waals surface area contributed by atoms with Gasteiger partial charge in [-0.15, -0.1) is 12.3 Å². The van der Waals surface area contributed by atoms with Crippen LogP contribution in [0.25, 0.3) is 0 Å². The van der Waals surface area contributed by atoms with Gasteiger partial charge in [-0.05, 0) is 0 Å². The highest BCUT2D eigenvalue weighted by Crippen LogP contribution is 2.05. The van der Waals surface area contributed by atoms with Crippen molar-refractivity contribution in [2.24, 2.45) is 5.50 Å². The molecule has 0 radical (unpaired) electrons. The molecule has 0 aliphatic carbocycles. The maximum atomic E-state index is 7.45. The molecule has 0 rings (SSSR count). The molecule has 48 valence electrons. The molecule has 0 atom stereocenters. The first-order valence-corrected chi connectivity index (χ1v) is 3.32. The molecule has 0 aliphatic heterocycles. The van der Waals surface area contributed by atoms with Crippen molar-refractivity contribution in [1.29, 1.82) is 0 Å². The Morgan fingerprint density at radius 3 is 1.88 bits per heavy atom. The number of hydrogen-bond donors (Lipinski definition) is 3. The molecular weight excluding hydrogens is 125 g/mol. The van der Waals surface area contributed by atoms with Crippen molar-refractivity contribution in [3.05, 3.63) is 0 Å². The smallest absolute Gasteiger partial charge is 0.247 e. The summed E-state index contributed by atoms with van der Waals surface area (Å²) in [6.45, 7) is 1.94. The topological polar surface area (TPSA) is 66.5 Å². The first-order chi connectivity index (χ1) is 3.65. The Bertz CT molecular complexity index is 66.2. The fraction of sp³-hybridized carbons (Fsp3) is 0.500. The summed E-state index contributed by atoms with van der Waals surface area (Å²) >= 11 is 0. The highest BCUT2D eigenvalue weighted by atomic mass is 31.2. The average molecular weight is 135 g/mol. The van der Waals surface area contributed by atoms with Crippen molar-refractivity contribution in [2.75, 3.05) is 0 Å². The number of nitrogens with two attached hydrogens (primary N) is 1. The first kappa shape index (κ1) is 10.8. The van der Waals surface area contributed by atoms with E-state index in [4.69, 9.17) is 16.2 Å². The molecule has 0 heterocycles. The van der Waals surface area contributed by atoms with Gasteiger partial charge in [0, 0.05) is 6.42 Å². The third-order valence-electron chi connectivity index (χ3n) is 0.204.